The van der Waals surface area contributed by atoms with E-state index in [1.807, 2.05) is 7.05 Å². The van der Waals surface area contributed by atoms with Gasteiger partial charge in [0.1, 0.15) is 5.82 Å². The largest absolute Gasteiger partial charge is 0.368 e. The number of likely N-dealkylation sites (N-methyl/N-ethyl adjacent to an activating group) is 1. The third kappa shape index (κ3) is 2.95. The minimum Gasteiger partial charge on any atom is -0.368 e. The third-order valence-electron chi connectivity index (χ3n) is 5.06. The molecule has 4 N–H and O–H groups in total. The van der Waals surface area contributed by atoms with Crippen molar-refractivity contribution in [2.45, 2.75) is 31.5 Å². The van der Waals surface area contributed by atoms with Crippen LogP contribution in [0.3, 0.4) is 0 Å². The van der Waals surface area contributed by atoms with Gasteiger partial charge in [0.25, 0.3) is 0 Å². The van der Waals surface area contributed by atoms with E-state index in [-0.39, 0.29) is 0 Å². The lowest BCUT2D eigenvalue weighted by Crippen LogP contribution is -2.57. The van der Waals surface area contributed by atoms with Gasteiger partial charge in [-0.05, 0) is 31.0 Å². The Morgan fingerprint density at radius 2 is 2.08 bits per heavy atom. The van der Waals surface area contributed by atoms with Crippen LogP contribution in [-0.4, -0.2) is 36.1 Å². The van der Waals surface area contributed by atoms with Crippen LogP contribution in [0.15, 0.2) is 30.3 Å². The van der Waals surface area contributed by atoms with E-state index in [1.165, 1.54) is 11.1 Å². The molecule has 0 radical (unpaired) electrons. The maximum Gasteiger partial charge on any atom is 0.222 e. The van der Waals surface area contributed by atoms with Gasteiger partial charge in [-0.25, -0.2) is 4.98 Å². The Hall–Kier alpha value is -2.18. The van der Waals surface area contributed by atoms with Crippen LogP contribution >= 0.6 is 0 Å². The minimum atomic E-state index is 0.351. The molecule has 1 aromatic heterocycles. The van der Waals surface area contributed by atoms with Crippen molar-refractivity contribution >= 4 is 11.8 Å². The molecule has 2 heterocycles. The summed E-state index contributed by atoms with van der Waals surface area (Å²) in [6, 6.07) is 11.7. The Balaban J connectivity index is 1.43. The summed E-state index contributed by atoms with van der Waals surface area (Å²) in [6.07, 6.45) is 2.28. The average Bonchev–Trinajstić information content (AvgIpc) is 2.95. The van der Waals surface area contributed by atoms with Crippen molar-refractivity contribution < 1.29 is 0 Å². The number of benzene rings is 1. The predicted molar refractivity (Wildman–Crippen MR) is 95.8 cm³/mol. The van der Waals surface area contributed by atoms with Crippen molar-refractivity contribution in [1.29, 1.82) is 0 Å². The van der Waals surface area contributed by atoms with Gasteiger partial charge in [0.15, 0.2) is 0 Å². The molecule has 1 fully saturated rings. The molecule has 24 heavy (non-hydrogen) atoms. The molecule has 2 aliphatic rings. The molecule has 126 valence electrons. The molecule has 0 amide bonds. The Kier molecular flexibility index (Phi) is 4.08. The van der Waals surface area contributed by atoms with E-state index >= 15 is 0 Å². The van der Waals surface area contributed by atoms with E-state index in [9.17, 15) is 0 Å². The van der Waals surface area contributed by atoms with Gasteiger partial charge in [-0.2, -0.15) is 4.98 Å². The molecular formula is C18H24N6. The number of rotatable bonds is 5. The van der Waals surface area contributed by atoms with Crippen LogP contribution in [0.4, 0.5) is 11.8 Å². The van der Waals surface area contributed by atoms with E-state index in [0.717, 1.165) is 37.4 Å². The highest BCUT2D eigenvalue weighted by Crippen LogP contribution is 2.31. The normalized spacial score (nSPS) is 20.0. The molecule has 1 aromatic carbocycles. The smallest absolute Gasteiger partial charge is 0.222 e. The van der Waals surface area contributed by atoms with Gasteiger partial charge in [-0.3, -0.25) is 0 Å². The van der Waals surface area contributed by atoms with Crippen molar-refractivity contribution in [3.8, 4) is 0 Å². The maximum absolute atomic E-state index is 5.91. The minimum absolute atomic E-state index is 0.351. The first-order chi connectivity index (χ1) is 11.7. The summed E-state index contributed by atoms with van der Waals surface area (Å²) >= 11 is 0. The van der Waals surface area contributed by atoms with Crippen molar-refractivity contribution in [1.82, 2.24) is 20.6 Å². The van der Waals surface area contributed by atoms with E-state index in [4.69, 9.17) is 5.73 Å². The van der Waals surface area contributed by atoms with Crippen molar-refractivity contribution in [2.24, 2.45) is 0 Å². The highest BCUT2D eigenvalue weighted by atomic mass is 15.3. The molecule has 2 aromatic rings. The van der Waals surface area contributed by atoms with Gasteiger partial charge in [0, 0.05) is 37.8 Å². The first-order valence-electron chi connectivity index (χ1n) is 8.60. The average molecular weight is 324 g/mol. The topological polar surface area (TPSA) is 79.1 Å². The SMILES string of the molecule is CNC1CN(c2cc(CN[C@@H]3CCc4ccccc43)nc(N)n2)C1. The summed E-state index contributed by atoms with van der Waals surface area (Å²) in [5, 5.41) is 6.90. The maximum atomic E-state index is 5.91. The fourth-order valence-electron chi connectivity index (χ4n) is 3.60. The van der Waals surface area contributed by atoms with Gasteiger partial charge >= 0.3 is 0 Å². The Labute approximate surface area is 142 Å². The number of fused-ring (bicyclic) bond motifs is 1. The van der Waals surface area contributed by atoms with Crippen LogP contribution in [0.1, 0.15) is 29.3 Å². The molecule has 0 bridgehead atoms. The lowest BCUT2D eigenvalue weighted by molar-refractivity contribution is 0.446. The van der Waals surface area contributed by atoms with E-state index < -0.39 is 0 Å². The molecular weight excluding hydrogens is 300 g/mol. The second-order valence-electron chi connectivity index (χ2n) is 6.64. The van der Waals surface area contributed by atoms with Gasteiger partial charge in [0.05, 0.1) is 5.69 Å². The molecule has 1 aliphatic carbocycles. The molecule has 6 nitrogen and oxygen atoms in total. The fourth-order valence-corrected chi connectivity index (χ4v) is 3.60. The highest BCUT2D eigenvalue weighted by molar-refractivity contribution is 5.46. The van der Waals surface area contributed by atoms with Crippen molar-refractivity contribution in [2.75, 3.05) is 30.8 Å². The monoisotopic (exact) mass is 324 g/mol. The van der Waals surface area contributed by atoms with E-state index in [1.54, 1.807) is 0 Å². The zero-order valence-corrected chi connectivity index (χ0v) is 14.0. The Morgan fingerprint density at radius 1 is 1.25 bits per heavy atom. The lowest BCUT2D eigenvalue weighted by Gasteiger charge is -2.40. The predicted octanol–water partition coefficient (Wildman–Crippen LogP) is 1.24. The molecule has 1 saturated heterocycles. The number of nitrogens with one attached hydrogen (secondary N) is 2. The summed E-state index contributed by atoms with van der Waals surface area (Å²) in [5.74, 6) is 1.28. The quantitative estimate of drug-likeness (QED) is 0.768. The number of nitrogens with zero attached hydrogens (tertiary/aromatic N) is 3. The Morgan fingerprint density at radius 3 is 2.92 bits per heavy atom. The summed E-state index contributed by atoms with van der Waals surface area (Å²) in [7, 11) is 1.99. The summed E-state index contributed by atoms with van der Waals surface area (Å²) in [4.78, 5) is 11.0. The number of anilines is 2. The second kappa shape index (κ2) is 6.37. The van der Waals surface area contributed by atoms with Crippen LogP contribution in [0.25, 0.3) is 0 Å². The molecule has 0 saturated carbocycles. The molecule has 1 aliphatic heterocycles. The van der Waals surface area contributed by atoms with E-state index in [0.29, 0.717) is 24.6 Å². The van der Waals surface area contributed by atoms with Crippen LogP contribution in [0.2, 0.25) is 0 Å². The van der Waals surface area contributed by atoms with Crippen molar-refractivity contribution in [3.05, 3.63) is 47.2 Å². The lowest BCUT2D eigenvalue weighted by atomic mass is 10.1. The number of aromatic nitrogens is 2. The Bertz CT molecular complexity index is 725. The van der Waals surface area contributed by atoms with E-state index in [2.05, 4.69) is 55.8 Å². The van der Waals surface area contributed by atoms with Crippen LogP contribution in [-0.2, 0) is 13.0 Å². The number of aryl methyl sites for hydroxylation is 1. The molecule has 1 atom stereocenters. The molecule has 0 spiro atoms. The van der Waals surface area contributed by atoms with Crippen LogP contribution in [0, 0.1) is 0 Å². The standard InChI is InChI=1S/C18H24N6/c1-20-14-10-24(11-14)17-8-13(22-18(19)23-17)9-21-16-7-6-12-4-2-3-5-15(12)16/h2-5,8,14,16,20-21H,6-7,9-11H2,1H3,(H2,19,22,23)/t16-/m1/s1. The zero-order chi connectivity index (χ0) is 16.5. The molecule has 6 heteroatoms. The van der Waals surface area contributed by atoms with Crippen molar-refractivity contribution in [3.63, 3.8) is 0 Å². The zero-order valence-electron chi connectivity index (χ0n) is 14.0. The first-order valence-corrected chi connectivity index (χ1v) is 8.60. The highest BCUT2D eigenvalue weighted by Gasteiger charge is 2.27. The van der Waals surface area contributed by atoms with Gasteiger partial charge in [0.2, 0.25) is 5.95 Å². The van der Waals surface area contributed by atoms with Gasteiger partial charge in [-0.15, -0.1) is 0 Å². The number of hydrogen-bond acceptors (Lipinski definition) is 6. The van der Waals surface area contributed by atoms with Gasteiger partial charge < -0.3 is 21.3 Å². The second-order valence-corrected chi connectivity index (χ2v) is 6.64. The van der Waals surface area contributed by atoms with Gasteiger partial charge in [-0.1, -0.05) is 24.3 Å². The molecule has 4 rings (SSSR count). The van der Waals surface area contributed by atoms with Crippen LogP contribution < -0.4 is 21.3 Å². The van der Waals surface area contributed by atoms with Crippen LogP contribution in [0.5, 0.6) is 0 Å². The number of nitrogens with two attached hydrogens (primary N) is 1. The third-order valence-corrected chi connectivity index (χ3v) is 5.06. The summed E-state index contributed by atoms with van der Waals surface area (Å²) in [5.41, 5.74) is 9.74. The fraction of sp³-hybridized carbons (Fsp3) is 0.444. The first kappa shape index (κ1) is 15.4. The number of nitrogen functional groups attached to an aromatic ring is 1. The summed E-state index contributed by atoms with van der Waals surface area (Å²) < 4.78 is 0. The summed E-state index contributed by atoms with van der Waals surface area (Å²) in [6.45, 7) is 2.65. The molecule has 0 unspecified atom stereocenters. The number of hydrogen-bond donors (Lipinski definition) is 3.